The van der Waals surface area contributed by atoms with Gasteiger partial charge in [-0.3, -0.25) is 10.1 Å². The lowest BCUT2D eigenvalue weighted by molar-refractivity contribution is -0.380. The van der Waals surface area contributed by atoms with E-state index >= 15 is 0 Å². The van der Waals surface area contributed by atoms with Gasteiger partial charge in [-0.05, 0) is 17.7 Å². The zero-order valence-corrected chi connectivity index (χ0v) is 9.84. The van der Waals surface area contributed by atoms with E-state index in [1.54, 1.807) is 5.38 Å². The zero-order valence-electron chi connectivity index (χ0n) is 9.02. The first-order valence-corrected chi connectivity index (χ1v) is 5.85. The average molecular weight is 270 g/mol. The quantitative estimate of drug-likeness (QED) is 0.682. The van der Waals surface area contributed by atoms with Crippen LogP contribution < -0.4 is 5.32 Å². The Balaban J connectivity index is 2.09. The Bertz CT molecular complexity index is 566. The number of halogens is 2. The molecule has 0 fully saturated rings. The monoisotopic (exact) mass is 270 g/mol. The van der Waals surface area contributed by atoms with E-state index in [2.05, 4.69) is 5.32 Å². The molecule has 1 heterocycles. The topological polar surface area (TPSA) is 55.2 Å². The molecule has 0 saturated carbocycles. The van der Waals surface area contributed by atoms with E-state index in [4.69, 9.17) is 0 Å². The van der Waals surface area contributed by atoms with E-state index in [-0.39, 0.29) is 17.2 Å². The highest BCUT2D eigenvalue weighted by Crippen LogP contribution is 2.24. The second-order valence-electron chi connectivity index (χ2n) is 3.50. The first-order chi connectivity index (χ1) is 8.58. The van der Waals surface area contributed by atoms with Gasteiger partial charge in [0, 0.05) is 18.0 Å². The van der Waals surface area contributed by atoms with Crippen LogP contribution in [0.2, 0.25) is 0 Å². The number of hydrogen-bond donors (Lipinski definition) is 1. The summed E-state index contributed by atoms with van der Waals surface area (Å²) >= 11 is 0.975. The number of nitro groups is 1. The maximum absolute atomic E-state index is 13.3. The molecule has 0 atom stereocenters. The first kappa shape index (κ1) is 12.4. The van der Waals surface area contributed by atoms with E-state index in [0.29, 0.717) is 5.56 Å². The lowest BCUT2D eigenvalue weighted by Crippen LogP contribution is -2.02. The molecule has 0 aliphatic heterocycles. The van der Waals surface area contributed by atoms with Crippen LogP contribution in [-0.2, 0) is 6.54 Å². The van der Waals surface area contributed by atoms with Crippen molar-refractivity contribution in [2.24, 2.45) is 0 Å². The van der Waals surface area contributed by atoms with Gasteiger partial charge < -0.3 is 5.32 Å². The van der Waals surface area contributed by atoms with E-state index < -0.39 is 16.6 Å². The second kappa shape index (κ2) is 5.09. The van der Waals surface area contributed by atoms with Crippen LogP contribution in [0.5, 0.6) is 0 Å². The van der Waals surface area contributed by atoms with Crippen LogP contribution in [0.4, 0.5) is 19.5 Å². The average Bonchev–Trinajstić information content (AvgIpc) is 2.77. The lowest BCUT2D eigenvalue weighted by Gasteiger charge is -2.06. The molecule has 2 rings (SSSR count). The fourth-order valence-electron chi connectivity index (χ4n) is 1.41. The molecule has 18 heavy (non-hydrogen) atoms. The zero-order chi connectivity index (χ0) is 13.1. The van der Waals surface area contributed by atoms with Crippen LogP contribution in [0.3, 0.4) is 0 Å². The van der Waals surface area contributed by atoms with E-state index in [1.807, 2.05) is 0 Å². The molecule has 0 bridgehead atoms. The first-order valence-electron chi connectivity index (χ1n) is 4.97. The van der Waals surface area contributed by atoms with Gasteiger partial charge in [-0.15, -0.1) is 0 Å². The summed E-state index contributed by atoms with van der Waals surface area (Å²) in [6, 6.07) is 4.92. The van der Waals surface area contributed by atoms with Crippen molar-refractivity contribution in [1.29, 1.82) is 0 Å². The second-order valence-corrected chi connectivity index (χ2v) is 4.39. The van der Waals surface area contributed by atoms with Crippen molar-refractivity contribution in [2.75, 3.05) is 5.32 Å². The molecule has 0 spiro atoms. The molecule has 2 aromatic rings. The number of para-hydroxylation sites is 1. The molecule has 1 aromatic carbocycles. The van der Waals surface area contributed by atoms with E-state index in [1.165, 1.54) is 12.1 Å². The minimum atomic E-state index is -0.695. The van der Waals surface area contributed by atoms with Gasteiger partial charge in [-0.1, -0.05) is 17.4 Å². The van der Waals surface area contributed by atoms with Gasteiger partial charge in [0.25, 0.3) is 0 Å². The summed E-state index contributed by atoms with van der Waals surface area (Å²) in [4.78, 5) is 9.97. The van der Waals surface area contributed by atoms with Gasteiger partial charge in [-0.25, -0.2) is 8.78 Å². The highest BCUT2D eigenvalue weighted by molar-refractivity contribution is 7.13. The number of anilines is 1. The molecule has 0 radical (unpaired) electrons. The normalized spacial score (nSPS) is 10.3. The third-order valence-corrected chi connectivity index (χ3v) is 3.18. The molecular formula is C11H8F2N2O2S. The minimum Gasteiger partial charge on any atom is -0.376 e. The number of hydrogen-bond acceptors (Lipinski definition) is 4. The van der Waals surface area contributed by atoms with Crippen LogP contribution in [0, 0.1) is 21.7 Å². The summed E-state index contributed by atoms with van der Waals surface area (Å²) in [6.45, 7) is 0.127. The Kier molecular flexibility index (Phi) is 3.52. The van der Waals surface area contributed by atoms with Crippen LogP contribution in [0.15, 0.2) is 29.6 Å². The molecule has 4 nitrogen and oxygen atoms in total. The van der Waals surface area contributed by atoms with Crippen molar-refractivity contribution in [3.8, 4) is 0 Å². The van der Waals surface area contributed by atoms with Crippen molar-refractivity contribution in [2.45, 2.75) is 6.54 Å². The van der Waals surface area contributed by atoms with Crippen molar-refractivity contribution in [3.63, 3.8) is 0 Å². The van der Waals surface area contributed by atoms with E-state index in [0.717, 1.165) is 23.5 Å². The maximum Gasteiger partial charge on any atom is 0.324 e. The Labute approximate surface area is 105 Å². The number of benzene rings is 1. The number of nitrogens with zero attached hydrogens (tertiary/aromatic N) is 1. The SMILES string of the molecule is O=[N+]([O-])c1cc(CNc2c(F)cccc2F)cs1. The molecule has 1 N–H and O–H groups in total. The van der Waals surface area contributed by atoms with Gasteiger partial charge in [0.1, 0.15) is 17.3 Å². The summed E-state index contributed by atoms with van der Waals surface area (Å²) in [5, 5.41) is 14.6. The summed E-state index contributed by atoms with van der Waals surface area (Å²) in [7, 11) is 0. The molecule has 0 amide bonds. The Morgan fingerprint density at radius 2 is 2.00 bits per heavy atom. The van der Waals surface area contributed by atoms with Gasteiger partial charge in [0.15, 0.2) is 0 Å². The molecule has 0 aliphatic carbocycles. The number of rotatable bonds is 4. The molecule has 1 aromatic heterocycles. The van der Waals surface area contributed by atoms with Crippen molar-refractivity contribution in [1.82, 2.24) is 0 Å². The summed E-state index contributed by atoms with van der Waals surface area (Å²) in [5.74, 6) is -1.39. The van der Waals surface area contributed by atoms with Crippen LogP contribution >= 0.6 is 11.3 Å². The van der Waals surface area contributed by atoms with Crippen molar-refractivity contribution >= 4 is 22.0 Å². The fraction of sp³-hybridized carbons (Fsp3) is 0.0909. The summed E-state index contributed by atoms with van der Waals surface area (Å²) < 4.78 is 26.6. The lowest BCUT2D eigenvalue weighted by atomic mass is 10.2. The Hall–Kier alpha value is -2.02. The van der Waals surface area contributed by atoms with Crippen LogP contribution in [-0.4, -0.2) is 4.92 Å². The Morgan fingerprint density at radius 3 is 2.56 bits per heavy atom. The third-order valence-electron chi connectivity index (χ3n) is 2.25. The maximum atomic E-state index is 13.3. The largest absolute Gasteiger partial charge is 0.376 e. The van der Waals surface area contributed by atoms with Crippen LogP contribution in [0.1, 0.15) is 5.56 Å². The van der Waals surface area contributed by atoms with Gasteiger partial charge in [-0.2, -0.15) is 0 Å². The predicted molar refractivity (Wildman–Crippen MR) is 64.7 cm³/mol. The van der Waals surface area contributed by atoms with Crippen LogP contribution in [0.25, 0.3) is 0 Å². The summed E-state index contributed by atoms with van der Waals surface area (Å²) in [6.07, 6.45) is 0. The van der Waals surface area contributed by atoms with Gasteiger partial charge >= 0.3 is 5.00 Å². The molecule has 94 valence electrons. The highest BCUT2D eigenvalue weighted by Gasteiger charge is 2.11. The predicted octanol–water partition coefficient (Wildman–Crippen LogP) is 3.55. The molecule has 0 unspecified atom stereocenters. The third kappa shape index (κ3) is 2.62. The number of thiophene rings is 1. The summed E-state index contributed by atoms with van der Waals surface area (Å²) in [5.41, 5.74) is 0.376. The molecular weight excluding hydrogens is 262 g/mol. The molecule has 0 aliphatic rings. The molecule has 7 heteroatoms. The standard InChI is InChI=1S/C11H8F2N2O2S/c12-8-2-1-3-9(13)11(8)14-5-7-4-10(15(16)17)18-6-7/h1-4,6,14H,5H2. The minimum absolute atomic E-state index is 0.000746. The van der Waals surface area contributed by atoms with E-state index in [9.17, 15) is 18.9 Å². The van der Waals surface area contributed by atoms with Crippen molar-refractivity contribution < 1.29 is 13.7 Å². The Morgan fingerprint density at radius 1 is 1.33 bits per heavy atom. The smallest absolute Gasteiger partial charge is 0.324 e. The van der Waals surface area contributed by atoms with Gasteiger partial charge in [0.2, 0.25) is 0 Å². The number of nitrogens with one attached hydrogen (secondary N) is 1. The van der Waals surface area contributed by atoms with Crippen molar-refractivity contribution in [3.05, 3.63) is 57.0 Å². The highest BCUT2D eigenvalue weighted by atomic mass is 32.1. The van der Waals surface area contributed by atoms with Gasteiger partial charge in [0.05, 0.1) is 4.92 Å². The fourth-order valence-corrected chi connectivity index (χ4v) is 2.14. The molecule has 0 saturated heterocycles.